The second-order valence-electron chi connectivity index (χ2n) is 4.66. The number of anilines is 1. The number of halogens is 1. The van der Waals surface area contributed by atoms with E-state index in [4.69, 9.17) is 11.6 Å². The minimum absolute atomic E-state index is 0.183. The van der Waals surface area contributed by atoms with Crippen LogP contribution in [0.15, 0.2) is 18.3 Å². The zero-order valence-corrected chi connectivity index (χ0v) is 13.2. The summed E-state index contributed by atoms with van der Waals surface area (Å²) in [6.07, 6.45) is 1.47. The van der Waals surface area contributed by atoms with Gasteiger partial charge in [0, 0.05) is 12.7 Å². The maximum atomic E-state index is 11.9. The van der Waals surface area contributed by atoms with Gasteiger partial charge in [-0.15, -0.1) is 0 Å². The lowest BCUT2D eigenvalue weighted by atomic mass is 10.1. The zero-order valence-electron chi connectivity index (χ0n) is 12.4. The molecule has 0 bridgehead atoms. The van der Waals surface area contributed by atoms with Crippen LogP contribution in [0.5, 0.6) is 0 Å². The number of esters is 1. The minimum Gasteiger partial charge on any atom is -0.469 e. The number of aromatic nitrogens is 1. The Balaban J connectivity index is 2.50. The van der Waals surface area contributed by atoms with Crippen LogP contribution in [0.1, 0.15) is 13.8 Å². The van der Waals surface area contributed by atoms with Gasteiger partial charge in [0.1, 0.15) is 5.82 Å². The van der Waals surface area contributed by atoms with Crippen molar-refractivity contribution in [2.45, 2.75) is 13.8 Å². The van der Waals surface area contributed by atoms with Gasteiger partial charge in [-0.3, -0.25) is 14.5 Å². The fourth-order valence-electron chi connectivity index (χ4n) is 1.80. The lowest BCUT2D eigenvalue weighted by Crippen LogP contribution is -2.38. The summed E-state index contributed by atoms with van der Waals surface area (Å²) in [6.45, 7) is 5.00. The van der Waals surface area contributed by atoms with Crippen LogP contribution in [0, 0.1) is 5.92 Å². The SMILES string of the molecule is CCN(CC(=O)Nc1ccc(Cl)cn1)CC(C)C(=O)OC. The van der Waals surface area contributed by atoms with E-state index < -0.39 is 0 Å². The molecular weight excluding hydrogens is 294 g/mol. The van der Waals surface area contributed by atoms with Crippen molar-refractivity contribution in [2.24, 2.45) is 5.92 Å². The van der Waals surface area contributed by atoms with E-state index in [1.165, 1.54) is 13.3 Å². The number of likely N-dealkylation sites (N-methyl/N-ethyl adjacent to an activating group) is 1. The van der Waals surface area contributed by atoms with Crippen molar-refractivity contribution < 1.29 is 14.3 Å². The Morgan fingerprint density at radius 3 is 2.71 bits per heavy atom. The van der Waals surface area contributed by atoms with Gasteiger partial charge in [-0.25, -0.2) is 4.98 Å². The molecule has 0 aliphatic rings. The highest BCUT2D eigenvalue weighted by Gasteiger charge is 2.18. The van der Waals surface area contributed by atoms with E-state index in [0.29, 0.717) is 23.9 Å². The first kappa shape index (κ1) is 17.4. The van der Waals surface area contributed by atoms with Crippen molar-refractivity contribution in [3.63, 3.8) is 0 Å². The average molecular weight is 314 g/mol. The highest BCUT2D eigenvalue weighted by Crippen LogP contribution is 2.09. The van der Waals surface area contributed by atoms with E-state index in [0.717, 1.165) is 0 Å². The number of rotatable bonds is 7. The first-order valence-corrected chi connectivity index (χ1v) is 7.05. The number of nitrogens with zero attached hydrogens (tertiary/aromatic N) is 2. The second kappa shape index (κ2) is 8.59. The Kier molecular flexibility index (Phi) is 7.11. The number of amides is 1. The molecule has 0 saturated carbocycles. The van der Waals surface area contributed by atoms with Crippen LogP contribution >= 0.6 is 11.6 Å². The molecule has 1 amide bonds. The number of hydrogen-bond donors (Lipinski definition) is 1. The smallest absolute Gasteiger partial charge is 0.309 e. The summed E-state index contributed by atoms with van der Waals surface area (Å²) in [5.41, 5.74) is 0. The van der Waals surface area contributed by atoms with Crippen LogP contribution in [0.2, 0.25) is 5.02 Å². The number of carbonyl (C=O) groups is 2. The van der Waals surface area contributed by atoms with E-state index >= 15 is 0 Å². The Bertz CT molecular complexity index is 479. The van der Waals surface area contributed by atoms with E-state index in [1.807, 2.05) is 11.8 Å². The third-order valence-corrected chi connectivity index (χ3v) is 3.17. The summed E-state index contributed by atoms with van der Waals surface area (Å²) in [4.78, 5) is 29.2. The van der Waals surface area contributed by atoms with Crippen molar-refractivity contribution in [3.05, 3.63) is 23.4 Å². The number of ether oxygens (including phenoxy) is 1. The highest BCUT2D eigenvalue weighted by molar-refractivity contribution is 6.30. The standard InChI is InChI=1S/C14H20ClN3O3/c1-4-18(8-10(2)14(20)21-3)9-13(19)17-12-6-5-11(15)7-16-12/h5-7,10H,4,8-9H2,1-3H3,(H,16,17,19). The molecule has 1 aromatic rings. The largest absolute Gasteiger partial charge is 0.469 e. The summed E-state index contributed by atoms with van der Waals surface area (Å²) in [5, 5.41) is 3.19. The van der Waals surface area contributed by atoms with E-state index in [2.05, 4.69) is 15.0 Å². The van der Waals surface area contributed by atoms with Crippen molar-refractivity contribution in [1.82, 2.24) is 9.88 Å². The summed E-state index contributed by atoms with van der Waals surface area (Å²) >= 11 is 5.73. The Hall–Kier alpha value is -1.66. The molecule has 0 saturated heterocycles. The molecule has 1 rings (SSSR count). The topological polar surface area (TPSA) is 71.5 Å². The molecule has 0 aliphatic heterocycles. The van der Waals surface area contributed by atoms with Crippen LogP contribution < -0.4 is 5.32 Å². The maximum Gasteiger partial charge on any atom is 0.309 e. The van der Waals surface area contributed by atoms with Gasteiger partial charge >= 0.3 is 5.97 Å². The summed E-state index contributed by atoms with van der Waals surface area (Å²) < 4.78 is 4.68. The number of hydrogen-bond acceptors (Lipinski definition) is 5. The summed E-state index contributed by atoms with van der Waals surface area (Å²) in [7, 11) is 1.36. The van der Waals surface area contributed by atoms with Crippen molar-refractivity contribution >= 4 is 29.3 Å². The lowest BCUT2D eigenvalue weighted by Gasteiger charge is -2.22. The number of methoxy groups -OCH3 is 1. The van der Waals surface area contributed by atoms with E-state index in [1.54, 1.807) is 19.1 Å². The minimum atomic E-state index is -0.284. The molecule has 1 unspecified atom stereocenters. The zero-order chi connectivity index (χ0) is 15.8. The van der Waals surface area contributed by atoms with Gasteiger partial charge in [0.2, 0.25) is 5.91 Å². The van der Waals surface area contributed by atoms with Gasteiger partial charge in [-0.05, 0) is 18.7 Å². The normalized spacial score (nSPS) is 12.0. The van der Waals surface area contributed by atoms with Gasteiger partial charge in [-0.2, -0.15) is 0 Å². The molecule has 0 spiro atoms. The van der Waals surface area contributed by atoms with Crippen LogP contribution in [0.25, 0.3) is 0 Å². The quantitative estimate of drug-likeness (QED) is 0.777. The van der Waals surface area contributed by atoms with Crippen molar-refractivity contribution in [3.8, 4) is 0 Å². The van der Waals surface area contributed by atoms with E-state index in [9.17, 15) is 9.59 Å². The fraction of sp³-hybridized carbons (Fsp3) is 0.500. The maximum absolute atomic E-state index is 11.9. The lowest BCUT2D eigenvalue weighted by molar-refractivity contribution is -0.145. The van der Waals surface area contributed by atoms with Crippen LogP contribution in [0.3, 0.4) is 0 Å². The number of pyridine rings is 1. The molecule has 0 radical (unpaired) electrons. The Labute approximate surface area is 129 Å². The molecule has 6 nitrogen and oxygen atoms in total. The molecule has 1 heterocycles. The monoisotopic (exact) mass is 313 g/mol. The van der Waals surface area contributed by atoms with Gasteiger partial charge < -0.3 is 10.1 Å². The molecular formula is C14H20ClN3O3. The molecule has 0 fully saturated rings. The average Bonchev–Trinajstić information content (AvgIpc) is 2.47. The molecule has 1 N–H and O–H groups in total. The number of carbonyl (C=O) groups excluding carboxylic acids is 2. The predicted octanol–water partition coefficient (Wildman–Crippen LogP) is 1.80. The Morgan fingerprint density at radius 2 is 2.19 bits per heavy atom. The van der Waals surface area contributed by atoms with Crippen molar-refractivity contribution in [1.29, 1.82) is 0 Å². The second-order valence-corrected chi connectivity index (χ2v) is 5.10. The molecule has 116 valence electrons. The third-order valence-electron chi connectivity index (χ3n) is 2.94. The van der Waals surface area contributed by atoms with Crippen molar-refractivity contribution in [2.75, 3.05) is 32.1 Å². The molecule has 7 heteroatoms. The molecule has 0 aromatic carbocycles. The molecule has 0 aliphatic carbocycles. The Morgan fingerprint density at radius 1 is 1.48 bits per heavy atom. The first-order valence-electron chi connectivity index (χ1n) is 6.67. The summed E-state index contributed by atoms with van der Waals surface area (Å²) in [6, 6.07) is 3.29. The van der Waals surface area contributed by atoms with Crippen LogP contribution in [-0.4, -0.2) is 48.5 Å². The number of nitrogens with one attached hydrogen (secondary N) is 1. The molecule has 21 heavy (non-hydrogen) atoms. The first-order chi connectivity index (χ1) is 9.96. The van der Waals surface area contributed by atoms with Crippen LogP contribution in [0.4, 0.5) is 5.82 Å². The molecule has 1 atom stereocenters. The van der Waals surface area contributed by atoms with Gasteiger partial charge in [0.15, 0.2) is 0 Å². The van der Waals surface area contributed by atoms with Gasteiger partial charge in [0.25, 0.3) is 0 Å². The predicted molar refractivity (Wildman–Crippen MR) is 81.2 cm³/mol. The molecule has 1 aromatic heterocycles. The van der Waals surface area contributed by atoms with Crippen LogP contribution in [-0.2, 0) is 14.3 Å². The van der Waals surface area contributed by atoms with Gasteiger partial charge in [-0.1, -0.05) is 25.4 Å². The summed E-state index contributed by atoms with van der Waals surface area (Å²) in [5.74, 6) is -0.310. The fourth-order valence-corrected chi connectivity index (χ4v) is 1.92. The van der Waals surface area contributed by atoms with Gasteiger partial charge in [0.05, 0.1) is 24.6 Å². The third kappa shape index (κ3) is 6.10. The highest BCUT2D eigenvalue weighted by atomic mass is 35.5. The van der Waals surface area contributed by atoms with E-state index in [-0.39, 0.29) is 24.3 Å².